The molecule has 1 amide bonds. The van der Waals surface area contributed by atoms with Crippen LogP contribution >= 0.6 is 11.3 Å². The van der Waals surface area contributed by atoms with Crippen LogP contribution in [0.1, 0.15) is 6.92 Å². The Morgan fingerprint density at radius 2 is 1.77 bits per heavy atom. The lowest BCUT2D eigenvalue weighted by atomic mass is 10.3. The van der Waals surface area contributed by atoms with Crippen LogP contribution in [0.4, 0.5) is 0 Å². The van der Waals surface area contributed by atoms with Crippen LogP contribution < -0.4 is 14.3 Å². The minimum absolute atomic E-state index is 0.219. The largest absolute Gasteiger partial charge is 0.494 e. The molecule has 0 radical (unpaired) electrons. The molecule has 0 aliphatic carbocycles. The number of amides is 1. The summed E-state index contributed by atoms with van der Waals surface area (Å²) >= 11 is 1.25. The van der Waals surface area contributed by atoms with Crippen LogP contribution in [0.2, 0.25) is 0 Å². The molecular weight excluding hydrogens is 440 g/mol. The molecular formula is C21H24N2O6S2. The minimum atomic E-state index is -3.34. The van der Waals surface area contributed by atoms with Crippen LogP contribution in [-0.2, 0) is 25.9 Å². The van der Waals surface area contributed by atoms with Gasteiger partial charge in [0.1, 0.15) is 11.5 Å². The van der Waals surface area contributed by atoms with Crippen molar-refractivity contribution in [1.82, 2.24) is 4.57 Å². The molecule has 2 aromatic carbocycles. The van der Waals surface area contributed by atoms with Gasteiger partial charge < -0.3 is 18.8 Å². The van der Waals surface area contributed by atoms with E-state index < -0.39 is 15.7 Å². The summed E-state index contributed by atoms with van der Waals surface area (Å²) in [6.07, 6.45) is 1.16. The Balaban J connectivity index is 1.85. The summed E-state index contributed by atoms with van der Waals surface area (Å²) in [7, 11) is -1.75. The number of rotatable bonds is 9. The number of benzene rings is 2. The van der Waals surface area contributed by atoms with E-state index in [1.54, 1.807) is 49.6 Å². The van der Waals surface area contributed by atoms with Crippen LogP contribution in [0, 0.1) is 0 Å². The smallest absolute Gasteiger partial charge is 0.286 e. The van der Waals surface area contributed by atoms with E-state index in [0.717, 1.165) is 22.2 Å². The zero-order chi connectivity index (χ0) is 22.4. The van der Waals surface area contributed by atoms with Gasteiger partial charge in [0, 0.05) is 19.9 Å². The maximum Gasteiger partial charge on any atom is 0.286 e. The maximum absolute atomic E-state index is 12.4. The maximum atomic E-state index is 12.4. The predicted molar refractivity (Wildman–Crippen MR) is 118 cm³/mol. The van der Waals surface area contributed by atoms with Crippen molar-refractivity contribution in [3.63, 3.8) is 0 Å². The Kier molecular flexibility index (Phi) is 7.47. The highest BCUT2D eigenvalue weighted by Gasteiger charge is 2.13. The van der Waals surface area contributed by atoms with Gasteiger partial charge in [-0.25, -0.2) is 8.42 Å². The SMILES string of the molecule is CCOc1ccc(OCC(=O)N=c2sc3cc(S(C)(=O)=O)ccc3n2CCOC)cc1. The molecule has 0 bridgehead atoms. The van der Waals surface area contributed by atoms with Crippen molar-refractivity contribution in [2.45, 2.75) is 18.4 Å². The molecule has 166 valence electrons. The van der Waals surface area contributed by atoms with Crippen LogP contribution in [0.25, 0.3) is 10.2 Å². The average molecular weight is 465 g/mol. The van der Waals surface area contributed by atoms with E-state index in [-0.39, 0.29) is 11.5 Å². The minimum Gasteiger partial charge on any atom is -0.494 e. The Bertz CT molecular complexity index is 1230. The predicted octanol–water partition coefficient (Wildman–Crippen LogP) is 2.66. The normalized spacial score (nSPS) is 12.3. The topological polar surface area (TPSA) is 96.2 Å². The van der Waals surface area contributed by atoms with Crippen molar-refractivity contribution >= 4 is 37.3 Å². The van der Waals surface area contributed by atoms with Crippen molar-refractivity contribution in [3.8, 4) is 11.5 Å². The first kappa shape index (κ1) is 23.0. The second kappa shape index (κ2) is 10.1. The quantitative estimate of drug-likeness (QED) is 0.483. The first-order valence-corrected chi connectivity index (χ1v) is 12.3. The molecule has 0 unspecified atom stereocenters. The monoisotopic (exact) mass is 464 g/mol. The van der Waals surface area contributed by atoms with Crippen molar-refractivity contribution < 1.29 is 27.4 Å². The second-order valence-corrected chi connectivity index (χ2v) is 9.65. The van der Waals surface area contributed by atoms with Crippen LogP contribution in [0.15, 0.2) is 52.4 Å². The highest BCUT2D eigenvalue weighted by molar-refractivity contribution is 7.90. The number of sulfone groups is 1. The number of thiazole rings is 1. The van der Waals surface area contributed by atoms with Crippen molar-refractivity contribution in [1.29, 1.82) is 0 Å². The summed E-state index contributed by atoms with van der Waals surface area (Å²) < 4.78 is 42.4. The number of hydrogen-bond donors (Lipinski definition) is 0. The Labute approximate surface area is 184 Å². The number of ether oxygens (including phenoxy) is 3. The highest BCUT2D eigenvalue weighted by atomic mass is 32.2. The Morgan fingerprint density at radius 3 is 2.39 bits per heavy atom. The number of methoxy groups -OCH3 is 1. The number of carbonyl (C=O) groups is 1. The lowest BCUT2D eigenvalue weighted by Gasteiger charge is -2.06. The third-order valence-corrected chi connectivity index (χ3v) is 6.47. The molecule has 0 N–H and O–H groups in total. The van der Waals surface area contributed by atoms with E-state index in [1.807, 2.05) is 11.5 Å². The molecule has 0 aliphatic heterocycles. The number of hydrogen-bond acceptors (Lipinski definition) is 7. The number of fused-ring (bicyclic) bond motifs is 1. The molecule has 1 aromatic heterocycles. The molecule has 31 heavy (non-hydrogen) atoms. The van der Waals surface area contributed by atoms with Crippen molar-refractivity contribution in [2.24, 2.45) is 4.99 Å². The van der Waals surface area contributed by atoms with Gasteiger partial charge in [0.25, 0.3) is 5.91 Å². The molecule has 3 aromatic rings. The zero-order valence-electron chi connectivity index (χ0n) is 17.5. The lowest BCUT2D eigenvalue weighted by molar-refractivity contribution is -0.120. The number of nitrogens with zero attached hydrogens (tertiary/aromatic N) is 2. The first-order chi connectivity index (χ1) is 14.8. The molecule has 8 nitrogen and oxygen atoms in total. The summed E-state index contributed by atoms with van der Waals surface area (Å²) in [5.74, 6) is 0.812. The van der Waals surface area contributed by atoms with Crippen LogP contribution in [0.5, 0.6) is 11.5 Å². The highest BCUT2D eigenvalue weighted by Crippen LogP contribution is 2.22. The van der Waals surface area contributed by atoms with Gasteiger partial charge in [-0.2, -0.15) is 4.99 Å². The van der Waals surface area contributed by atoms with Crippen LogP contribution in [-0.4, -0.2) is 52.1 Å². The lowest BCUT2D eigenvalue weighted by Crippen LogP contribution is -2.21. The molecule has 0 saturated heterocycles. The van der Waals surface area contributed by atoms with Gasteiger partial charge in [0.05, 0.1) is 28.3 Å². The summed E-state index contributed by atoms with van der Waals surface area (Å²) in [4.78, 5) is 17.3. The summed E-state index contributed by atoms with van der Waals surface area (Å²) in [6.45, 7) is 3.15. The standard InChI is InChI=1S/C21H24N2O6S2/c1-4-28-15-5-7-16(8-6-15)29-14-20(24)22-21-23(11-12-27-2)18-10-9-17(31(3,25)26)13-19(18)30-21/h5-10,13H,4,11-12,14H2,1-3H3. The van der Waals surface area contributed by atoms with Gasteiger partial charge in [0.15, 0.2) is 21.2 Å². The number of carbonyl (C=O) groups excluding carboxylic acids is 1. The van der Waals surface area contributed by atoms with E-state index in [2.05, 4.69) is 4.99 Å². The van der Waals surface area contributed by atoms with Gasteiger partial charge in [-0.1, -0.05) is 11.3 Å². The fraction of sp³-hybridized carbons (Fsp3) is 0.333. The van der Waals surface area contributed by atoms with Gasteiger partial charge >= 0.3 is 0 Å². The summed E-state index contributed by atoms with van der Waals surface area (Å²) in [5, 5.41) is 0. The fourth-order valence-electron chi connectivity index (χ4n) is 2.85. The second-order valence-electron chi connectivity index (χ2n) is 6.63. The van der Waals surface area contributed by atoms with Gasteiger partial charge in [-0.05, 0) is 49.4 Å². The van der Waals surface area contributed by atoms with Crippen molar-refractivity contribution in [3.05, 3.63) is 47.3 Å². The molecule has 0 spiro atoms. The summed E-state index contributed by atoms with van der Waals surface area (Å²) in [6, 6.07) is 11.9. The summed E-state index contributed by atoms with van der Waals surface area (Å²) in [5.41, 5.74) is 0.786. The van der Waals surface area contributed by atoms with E-state index in [0.29, 0.717) is 30.3 Å². The van der Waals surface area contributed by atoms with Gasteiger partial charge in [0.2, 0.25) is 0 Å². The van der Waals surface area contributed by atoms with Gasteiger partial charge in [-0.15, -0.1) is 0 Å². The van der Waals surface area contributed by atoms with Gasteiger partial charge in [-0.3, -0.25) is 4.79 Å². The molecule has 0 fully saturated rings. The van der Waals surface area contributed by atoms with E-state index >= 15 is 0 Å². The molecule has 0 aliphatic rings. The molecule has 10 heteroatoms. The van der Waals surface area contributed by atoms with E-state index in [9.17, 15) is 13.2 Å². The van der Waals surface area contributed by atoms with Crippen LogP contribution in [0.3, 0.4) is 0 Å². The van der Waals surface area contributed by atoms with E-state index in [1.165, 1.54) is 11.3 Å². The third-order valence-electron chi connectivity index (χ3n) is 4.32. The van der Waals surface area contributed by atoms with E-state index in [4.69, 9.17) is 14.2 Å². The van der Waals surface area contributed by atoms with Crippen molar-refractivity contribution in [2.75, 3.05) is 33.2 Å². The third kappa shape index (κ3) is 5.93. The Hall–Kier alpha value is -2.69. The molecule has 0 saturated carbocycles. The molecule has 0 atom stereocenters. The number of aromatic nitrogens is 1. The average Bonchev–Trinajstić information content (AvgIpc) is 3.07. The molecule has 1 heterocycles. The first-order valence-electron chi connectivity index (χ1n) is 9.57. The zero-order valence-corrected chi connectivity index (χ0v) is 19.2. The Morgan fingerprint density at radius 1 is 1.10 bits per heavy atom. The molecule has 3 rings (SSSR count). The fourth-order valence-corrected chi connectivity index (χ4v) is 4.69.